The van der Waals surface area contributed by atoms with Gasteiger partial charge >= 0.3 is 41.5 Å². The Bertz CT molecular complexity index is 3460. The number of fused-ring (bicyclic) bond motifs is 2. The predicted molar refractivity (Wildman–Crippen MR) is 455 cm³/mol. The molecule has 0 spiro atoms. The number of carboxylic acid groups (broad SMARTS) is 2. The van der Waals surface area contributed by atoms with Crippen LogP contribution in [-0.4, -0.2) is 73.0 Å². The molecule has 2 aromatic heterocycles. The molecule has 1 amide bonds. The summed E-state index contributed by atoms with van der Waals surface area (Å²) in [6.07, 6.45) is 49.4. The van der Waals surface area contributed by atoms with Crippen molar-refractivity contribution in [2.45, 2.75) is 339 Å². The number of hydrogen-bond acceptors (Lipinski definition) is 11. The second-order valence-corrected chi connectivity index (χ2v) is 29.2. The van der Waals surface area contributed by atoms with Crippen LogP contribution in [-0.2, 0) is 16.2 Å². The average Bonchev–Trinajstić information content (AvgIpc) is 0.786. The summed E-state index contributed by atoms with van der Waals surface area (Å²) in [6.45, 7) is 21.1. The van der Waals surface area contributed by atoms with E-state index in [0.29, 0.717) is 27.4 Å². The summed E-state index contributed by atoms with van der Waals surface area (Å²) in [4.78, 5) is 74.7. The molecule has 109 heavy (non-hydrogen) atoms. The molecule has 18 heteroatoms. The SMILES string of the molecule is C.C1CCC(C2CCCCC2)CC1.CC.CC.CC.CC.CCCC.CON(C)C(=O)C1CCCCC1.N=N.O=C(O)c1ccccc1Br.O=C(O)c1ccccc1C(=O)C1CCCCC1.O=c1[nH]nc(C2CCCCC2)c2ccccc12.O=c1c2ccccc2c(C2CCCCC2)nn1CCC1CCCCC1.[H-].[Na+]. The molecule has 7 aliphatic rings. The van der Waals surface area contributed by atoms with Gasteiger partial charge in [0, 0.05) is 58.1 Å². The first-order chi connectivity index (χ1) is 52.2. The molecule has 0 saturated heterocycles. The fourth-order valence-corrected chi connectivity index (χ4v) is 16.2. The number of unbranched alkanes of at least 4 members (excludes halogenated alkanes) is 1. The number of Topliss-reactive ketones (excluding diaryl/α,β-unsaturated/α-hetero) is 1. The van der Waals surface area contributed by atoms with E-state index in [4.69, 9.17) is 31.2 Å². The molecule has 7 fully saturated rings. The Labute approximate surface area is 690 Å². The van der Waals surface area contributed by atoms with Crippen LogP contribution in [0.1, 0.15) is 376 Å². The van der Waals surface area contributed by atoms with Gasteiger partial charge in [0.05, 0.1) is 40.4 Å². The summed E-state index contributed by atoms with van der Waals surface area (Å²) < 4.78 is 2.41. The zero-order valence-electron chi connectivity index (χ0n) is 70.3. The molecular formula is C91H147BrN7NaO9. The molecule has 0 bridgehead atoms. The minimum Gasteiger partial charge on any atom is -1.00 e. The Morgan fingerprint density at radius 2 is 0.844 bits per heavy atom. The van der Waals surface area contributed by atoms with Crippen molar-refractivity contribution < 1.29 is 65.2 Å². The summed E-state index contributed by atoms with van der Waals surface area (Å²) in [5, 5.41) is 34.5. The summed E-state index contributed by atoms with van der Waals surface area (Å²) in [6, 6.07) is 29.1. The molecule has 608 valence electrons. The van der Waals surface area contributed by atoms with Crippen LogP contribution in [0.25, 0.3) is 21.5 Å². The van der Waals surface area contributed by atoms with Gasteiger partial charge in [-0.1, -0.05) is 330 Å². The number of hydroxylamine groups is 2. The number of halogens is 1. The Kier molecular flexibility index (Phi) is 60.4. The number of carbonyl (C=O) groups excluding carboxylic acids is 2. The quantitative estimate of drug-likeness (QED) is 0.0315. The average molecular weight is 1590 g/mol. The standard InChI is InChI=1S/C22H30N2O.C14H16N2O.C14H16O3.C12H22.C9H17NO2.C7H5BrO2.C4H10.4C2H6.CH4.H2N2.Na.H/c25-22-20-14-8-7-13-19(20)21(18-11-5-2-6-12-18)23-24(22)16-15-17-9-3-1-4-10-17;17-14-12-9-5-4-8-11(12)13(15-16-14)10-6-2-1-3-7-10;15-13(10-6-2-1-3-7-10)11-8-4-5-9-12(11)14(16)17;1-3-7-11(8-4-1)12-9-5-2-6-10-12;1-10(12-2)9(11)8-6-4-3-5-7-8;8-6-4-2-1-3-5(6)7(9)10;1-3-4-2;4*1-2;;1-2;;/h7-8,13-14,17-18H,1-6,9-12,15-16H2;2*4-5,8-10H,1-3,6-7H2,(H,16,17);11-12H,1-10H2;8H,3-7H2,1-2H3;1-4H,(H,9,10);3-4H2,1-2H3;4*1-2H3;1H4;1-2H;;/q;;;;;;;;;;;;;+1;-1. The van der Waals surface area contributed by atoms with Crippen LogP contribution in [0.5, 0.6) is 0 Å². The van der Waals surface area contributed by atoms with E-state index in [9.17, 15) is 28.8 Å². The number of nitrogens with zero attached hydrogens (tertiary/aromatic N) is 4. The Morgan fingerprint density at radius 3 is 1.26 bits per heavy atom. The number of aromatic nitrogens is 4. The van der Waals surface area contributed by atoms with Gasteiger partial charge in [0.15, 0.2) is 5.78 Å². The van der Waals surface area contributed by atoms with Crippen molar-refractivity contribution in [1.29, 1.82) is 11.1 Å². The molecule has 7 aliphatic carbocycles. The number of aromatic amines is 1. The fraction of sp³-hybridized carbons (Fsp3) is 0.648. The third-order valence-electron chi connectivity index (χ3n) is 21.6. The van der Waals surface area contributed by atoms with E-state index >= 15 is 0 Å². The van der Waals surface area contributed by atoms with Crippen molar-refractivity contribution in [3.63, 3.8) is 0 Å². The van der Waals surface area contributed by atoms with Gasteiger partial charge in [0.1, 0.15) is 0 Å². The molecule has 0 aliphatic heterocycles. The second-order valence-electron chi connectivity index (χ2n) is 28.4. The zero-order valence-corrected chi connectivity index (χ0v) is 72.9. The number of amides is 1. The second kappa shape index (κ2) is 63.8. The molecule has 0 radical (unpaired) electrons. The smallest absolute Gasteiger partial charge is 1.00 e. The summed E-state index contributed by atoms with van der Waals surface area (Å²) in [5.74, 6) is 2.54. The van der Waals surface area contributed by atoms with Crippen molar-refractivity contribution in [3.8, 4) is 0 Å². The van der Waals surface area contributed by atoms with E-state index in [2.05, 4.69) is 46.0 Å². The number of hydrogen-bond donors (Lipinski definition) is 5. The van der Waals surface area contributed by atoms with E-state index in [0.717, 1.165) is 96.5 Å². The van der Waals surface area contributed by atoms with E-state index in [1.165, 1.54) is 197 Å². The molecule has 4 aromatic carbocycles. The van der Waals surface area contributed by atoms with Crippen molar-refractivity contribution in [1.82, 2.24) is 25.0 Å². The van der Waals surface area contributed by atoms with Crippen LogP contribution >= 0.6 is 15.9 Å². The minimum atomic E-state index is -1.02. The molecule has 2 heterocycles. The number of ketones is 1. The Morgan fingerprint density at radius 1 is 0.495 bits per heavy atom. The van der Waals surface area contributed by atoms with Gasteiger partial charge in [0.2, 0.25) is 5.91 Å². The van der Waals surface area contributed by atoms with E-state index in [-0.39, 0.29) is 78.6 Å². The monoisotopic (exact) mass is 1580 g/mol. The molecule has 7 saturated carbocycles. The first kappa shape index (κ1) is 103. The van der Waals surface area contributed by atoms with Gasteiger partial charge in [-0.25, -0.2) is 35.5 Å². The number of aromatic carboxylic acids is 2. The van der Waals surface area contributed by atoms with Crippen LogP contribution in [0.2, 0.25) is 0 Å². The molecule has 0 atom stereocenters. The van der Waals surface area contributed by atoms with Crippen LogP contribution in [0.3, 0.4) is 0 Å². The number of benzene rings is 4. The van der Waals surface area contributed by atoms with Crippen molar-refractivity contribution >= 4 is 61.1 Å². The predicted octanol–water partition coefficient (Wildman–Crippen LogP) is 23.7. The maximum Gasteiger partial charge on any atom is 1.00 e. The van der Waals surface area contributed by atoms with E-state index in [1.54, 1.807) is 79.9 Å². The largest absolute Gasteiger partial charge is 1.00 e. The van der Waals surface area contributed by atoms with Crippen LogP contribution in [0.4, 0.5) is 0 Å². The van der Waals surface area contributed by atoms with E-state index in [1.807, 2.05) is 97.9 Å². The van der Waals surface area contributed by atoms with Crippen LogP contribution in [0.15, 0.2) is 111 Å². The summed E-state index contributed by atoms with van der Waals surface area (Å²) in [5.41, 5.74) is 13.1. The van der Waals surface area contributed by atoms with Crippen molar-refractivity contribution in [2.75, 3.05) is 14.2 Å². The van der Waals surface area contributed by atoms with E-state index < -0.39 is 11.9 Å². The molecule has 0 unspecified atom stereocenters. The first-order valence-electron chi connectivity index (χ1n) is 42.1. The third-order valence-corrected chi connectivity index (χ3v) is 22.3. The van der Waals surface area contributed by atoms with Gasteiger partial charge in [-0.05, 0) is 122 Å². The number of aryl methyl sites for hydroxylation is 1. The zero-order chi connectivity index (χ0) is 79.2. The van der Waals surface area contributed by atoms with Gasteiger partial charge in [0.25, 0.3) is 11.1 Å². The normalized spacial score (nSPS) is 16.6. The molecule has 6 aromatic rings. The fourth-order valence-electron chi connectivity index (χ4n) is 15.7. The summed E-state index contributed by atoms with van der Waals surface area (Å²) >= 11 is 3.12. The van der Waals surface area contributed by atoms with Crippen LogP contribution in [0, 0.1) is 40.7 Å². The number of nitrogens with one attached hydrogen (secondary N) is 3. The number of carbonyl (C=O) groups is 4. The molecule has 5 N–H and O–H groups in total. The van der Waals surface area contributed by atoms with Gasteiger partial charge in [-0.3, -0.25) is 24.0 Å². The number of carboxylic acids is 2. The van der Waals surface area contributed by atoms with Gasteiger partial charge < -0.3 is 11.6 Å². The number of rotatable bonds is 13. The molecular weight excluding hydrogens is 1440 g/mol. The van der Waals surface area contributed by atoms with Crippen molar-refractivity contribution in [2.24, 2.45) is 29.6 Å². The first-order valence-corrected chi connectivity index (χ1v) is 42.9. The number of H-pyrrole nitrogens is 1. The summed E-state index contributed by atoms with van der Waals surface area (Å²) in [7, 11) is 3.21. The molecule has 13 rings (SSSR count). The van der Waals surface area contributed by atoms with Crippen LogP contribution < -0.4 is 40.7 Å². The van der Waals surface area contributed by atoms with Crippen molar-refractivity contribution in [3.05, 3.63) is 150 Å². The minimum absolute atomic E-state index is 0. The van der Waals surface area contributed by atoms with Gasteiger partial charge in [-0.15, -0.1) is 0 Å². The molecule has 16 nitrogen and oxygen atoms in total. The Hall–Kier alpha value is -5.72. The Balaban J connectivity index is 0. The third kappa shape index (κ3) is 36.8. The topological polar surface area (TPSA) is 250 Å². The van der Waals surface area contributed by atoms with Gasteiger partial charge in [-0.2, -0.15) is 10.2 Å². The maximum atomic E-state index is 12.9. The maximum absolute atomic E-state index is 12.9.